The van der Waals surface area contributed by atoms with Crippen LogP contribution in [0.2, 0.25) is 0 Å². The second-order valence-electron chi connectivity index (χ2n) is 5.85. The molecule has 0 fully saturated rings. The van der Waals surface area contributed by atoms with Gasteiger partial charge in [0, 0.05) is 17.3 Å². The molecule has 1 heterocycles. The number of nitrogens with one attached hydrogen (secondary N) is 1. The Kier molecular flexibility index (Phi) is 5.68. The van der Waals surface area contributed by atoms with E-state index in [1.807, 2.05) is 43.3 Å². The topological polar surface area (TPSA) is 107 Å². The predicted octanol–water partition coefficient (Wildman–Crippen LogP) is 3.07. The summed E-state index contributed by atoms with van der Waals surface area (Å²) in [5.41, 5.74) is 2.89. The van der Waals surface area contributed by atoms with Gasteiger partial charge in [0.05, 0.1) is 18.1 Å². The lowest BCUT2D eigenvalue weighted by atomic mass is 10.1. The summed E-state index contributed by atoms with van der Waals surface area (Å²) in [7, 11) is -3.59. The van der Waals surface area contributed by atoms with Gasteiger partial charge in [-0.25, -0.2) is 23.5 Å². The number of anilines is 2. The van der Waals surface area contributed by atoms with Gasteiger partial charge in [0.15, 0.2) is 0 Å². The molecule has 0 aliphatic carbocycles. The van der Waals surface area contributed by atoms with Crippen molar-refractivity contribution in [1.82, 2.24) is 9.97 Å². The van der Waals surface area contributed by atoms with Crippen LogP contribution in [0.15, 0.2) is 60.9 Å². The molecular formula is C19H20N4O3S. The molecule has 0 unspecified atom stereocenters. The average Bonchev–Trinajstić information content (AvgIpc) is 2.61. The van der Waals surface area contributed by atoms with Crippen LogP contribution in [0.1, 0.15) is 12.5 Å². The molecule has 0 saturated carbocycles. The monoisotopic (exact) mass is 384 g/mol. The molecule has 0 bridgehead atoms. The maximum absolute atomic E-state index is 11.3. The van der Waals surface area contributed by atoms with Gasteiger partial charge in [0.1, 0.15) is 17.9 Å². The molecule has 0 amide bonds. The summed E-state index contributed by atoms with van der Waals surface area (Å²) in [5, 5.41) is 8.28. The minimum absolute atomic E-state index is 0.223. The first-order valence-corrected chi connectivity index (χ1v) is 10.1. The lowest BCUT2D eigenvalue weighted by molar-refractivity contribution is 0.341. The van der Waals surface area contributed by atoms with E-state index < -0.39 is 10.0 Å². The van der Waals surface area contributed by atoms with Crippen molar-refractivity contribution in [2.45, 2.75) is 12.7 Å². The van der Waals surface area contributed by atoms with E-state index in [-0.39, 0.29) is 5.75 Å². The largest absolute Gasteiger partial charge is 0.493 e. The first-order chi connectivity index (χ1) is 12.9. The van der Waals surface area contributed by atoms with Crippen LogP contribution in [0.4, 0.5) is 11.5 Å². The van der Waals surface area contributed by atoms with Crippen LogP contribution in [0.3, 0.4) is 0 Å². The van der Waals surface area contributed by atoms with Gasteiger partial charge in [0.25, 0.3) is 0 Å². The molecule has 140 valence electrons. The Bertz CT molecular complexity index is 1040. The summed E-state index contributed by atoms with van der Waals surface area (Å²) in [5.74, 6) is 1.11. The number of aromatic nitrogens is 2. The molecule has 2 aromatic carbocycles. The summed E-state index contributed by atoms with van der Waals surface area (Å²) in [6.45, 7) is 2.49. The van der Waals surface area contributed by atoms with E-state index in [4.69, 9.17) is 9.88 Å². The highest BCUT2D eigenvalue weighted by molar-refractivity contribution is 7.88. The van der Waals surface area contributed by atoms with Crippen molar-refractivity contribution in [3.8, 4) is 17.0 Å². The van der Waals surface area contributed by atoms with Crippen molar-refractivity contribution in [1.29, 1.82) is 0 Å². The Labute approximate surface area is 158 Å². The zero-order chi connectivity index (χ0) is 19.3. The van der Waals surface area contributed by atoms with Gasteiger partial charge in [-0.05, 0) is 36.8 Å². The zero-order valence-corrected chi connectivity index (χ0v) is 15.6. The smallest absolute Gasteiger partial charge is 0.213 e. The van der Waals surface area contributed by atoms with E-state index in [1.54, 1.807) is 18.2 Å². The molecule has 0 aliphatic heterocycles. The molecule has 3 aromatic rings. The molecule has 3 N–H and O–H groups in total. The Morgan fingerprint density at radius 3 is 2.67 bits per heavy atom. The second-order valence-corrected chi connectivity index (χ2v) is 7.46. The van der Waals surface area contributed by atoms with E-state index in [9.17, 15) is 8.42 Å². The lowest BCUT2D eigenvalue weighted by Gasteiger charge is -2.11. The van der Waals surface area contributed by atoms with Crippen LogP contribution >= 0.6 is 0 Å². The predicted molar refractivity (Wildman–Crippen MR) is 105 cm³/mol. The Hall–Kier alpha value is -2.97. The Balaban J connectivity index is 1.86. The summed E-state index contributed by atoms with van der Waals surface area (Å²) in [6.07, 6.45) is 1.47. The van der Waals surface area contributed by atoms with Gasteiger partial charge in [-0.1, -0.05) is 24.3 Å². The van der Waals surface area contributed by atoms with Crippen molar-refractivity contribution in [3.05, 3.63) is 66.5 Å². The number of para-hydroxylation sites is 1. The Morgan fingerprint density at radius 2 is 1.89 bits per heavy atom. The second kappa shape index (κ2) is 8.15. The van der Waals surface area contributed by atoms with Crippen LogP contribution in [0.25, 0.3) is 11.3 Å². The number of hydrogen-bond acceptors (Lipinski definition) is 6. The molecule has 0 spiro atoms. The molecule has 0 saturated heterocycles. The third kappa shape index (κ3) is 5.25. The maximum Gasteiger partial charge on any atom is 0.213 e. The SMILES string of the molecule is CCOc1ccccc1-c1cc(Nc2cccc(CS(N)(=O)=O)c2)ncn1. The number of hydrogen-bond donors (Lipinski definition) is 2. The standard InChI is InChI=1S/C19H20N4O3S/c1-2-26-18-9-4-3-8-16(18)17-11-19(22-13-21-17)23-15-7-5-6-14(10-15)12-27(20,24)25/h3-11,13H,2,12H2,1H3,(H2,20,24,25)(H,21,22,23). The number of rotatable bonds is 7. The fraction of sp³-hybridized carbons (Fsp3) is 0.158. The summed E-state index contributed by atoms with van der Waals surface area (Å²) in [6, 6.07) is 16.5. The minimum Gasteiger partial charge on any atom is -0.493 e. The molecule has 3 rings (SSSR count). The van der Waals surface area contributed by atoms with Crippen LogP contribution in [-0.2, 0) is 15.8 Å². The quantitative estimate of drug-likeness (QED) is 0.648. The van der Waals surface area contributed by atoms with Crippen molar-refractivity contribution in [2.24, 2.45) is 5.14 Å². The van der Waals surface area contributed by atoms with Gasteiger partial charge in [-0.15, -0.1) is 0 Å². The average molecular weight is 384 g/mol. The van der Waals surface area contributed by atoms with Gasteiger partial charge >= 0.3 is 0 Å². The lowest BCUT2D eigenvalue weighted by Crippen LogP contribution is -2.14. The van der Waals surface area contributed by atoms with Crippen molar-refractivity contribution in [3.63, 3.8) is 0 Å². The highest BCUT2D eigenvalue weighted by atomic mass is 32.2. The van der Waals surface area contributed by atoms with Crippen LogP contribution in [-0.4, -0.2) is 25.0 Å². The molecule has 0 aliphatic rings. The normalized spacial score (nSPS) is 11.2. The highest BCUT2D eigenvalue weighted by Crippen LogP contribution is 2.29. The Morgan fingerprint density at radius 1 is 1.07 bits per heavy atom. The van der Waals surface area contributed by atoms with Crippen LogP contribution < -0.4 is 15.2 Å². The third-order valence-electron chi connectivity index (χ3n) is 3.70. The van der Waals surface area contributed by atoms with E-state index >= 15 is 0 Å². The van der Waals surface area contributed by atoms with Crippen molar-refractivity contribution >= 4 is 21.5 Å². The minimum atomic E-state index is -3.59. The molecule has 0 atom stereocenters. The molecule has 0 radical (unpaired) electrons. The van der Waals surface area contributed by atoms with Gasteiger partial charge < -0.3 is 10.1 Å². The maximum atomic E-state index is 11.3. The summed E-state index contributed by atoms with van der Waals surface area (Å²) < 4.78 is 28.2. The first-order valence-electron chi connectivity index (χ1n) is 8.35. The van der Waals surface area contributed by atoms with E-state index in [2.05, 4.69) is 15.3 Å². The fourth-order valence-corrected chi connectivity index (χ4v) is 3.30. The van der Waals surface area contributed by atoms with E-state index in [0.717, 1.165) is 17.0 Å². The number of primary sulfonamides is 1. The molecule has 8 heteroatoms. The summed E-state index contributed by atoms with van der Waals surface area (Å²) >= 11 is 0. The fourth-order valence-electron chi connectivity index (χ4n) is 2.65. The van der Waals surface area contributed by atoms with Gasteiger partial charge in [-0.3, -0.25) is 0 Å². The molecule has 1 aromatic heterocycles. The van der Waals surface area contributed by atoms with Gasteiger partial charge in [0.2, 0.25) is 10.0 Å². The number of ether oxygens (including phenoxy) is 1. The first kappa shape index (κ1) is 18.8. The van der Waals surface area contributed by atoms with E-state index in [0.29, 0.717) is 23.7 Å². The number of sulfonamides is 1. The zero-order valence-electron chi connectivity index (χ0n) is 14.8. The van der Waals surface area contributed by atoms with Crippen molar-refractivity contribution in [2.75, 3.05) is 11.9 Å². The van der Waals surface area contributed by atoms with Crippen LogP contribution in [0.5, 0.6) is 5.75 Å². The molecule has 7 nitrogen and oxygen atoms in total. The highest BCUT2D eigenvalue weighted by Gasteiger charge is 2.09. The molecule has 27 heavy (non-hydrogen) atoms. The van der Waals surface area contributed by atoms with E-state index in [1.165, 1.54) is 6.33 Å². The third-order valence-corrected chi connectivity index (χ3v) is 4.43. The van der Waals surface area contributed by atoms with Crippen LogP contribution in [0, 0.1) is 0 Å². The number of nitrogens with zero attached hydrogens (tertiary/aromatic N) is 2. The summed E-state index contributed by atoms with van der Waals surface area (Å²) in [4.78, 5) is 8.57. The number of benzene rings is 2. The van der Waals surface area contributed by atoms with Gasteiger partial charge in [-0.2, -0.15) is 0 Å². The molecular weight excluding hydrogens is 364 g/mol. The van der Waals surface area contributed by atoms with Crippen molar-refractivity contribution < 1.29 is 13.2 Å². The number of nitrogens with two attached hydrogens (primary N) is 1.